The summed E-state index contributed by atoms with van der Waals surface area (Å²) in [5.41, 5.74) is 7.66. The van der Waals surface area contributed by atoms with E-state index in [9.17, 15) is 0 Å². The Morgan fingerprint density at radius 1 is 1.28 bits per heavy atom. The molecule has 1 saturated carbocycles. The van der Waals surface area contributed by atoms with Crippen LogP contribution >= 0.6 is 0 Å². The minimum Gasteiger partial charge on any atom is -0.497 e. The number of ether oxygens (including phenoxy) is 1. The average molecular weight is 247 g/mol. The summed E-state index contributed by atoms with van der Waals surface area (Å²) < 4.78 is 5.31. The molecule has 18 heavy (non-hydrogen) atoms. The van der Waals surface area contributed by atoms with Crippen molar-refractivity contribution in [2.75, 3.05) is 7.11 Å². The van der Waals surface area contributed by atoms with Crippen LogP contribution in [0.4, 0.5) is 0 Å². The number of rotatable bonds is 3. The van der Waals surface area contributed by atoms with Crippen LogP contribution in [0.3, 0.4) is 0 Å². The standard InChI is InChI=1S/C16H25NO/c1-11(2)12-7-8-16(17)15(10-12)13-5-4-6-14(9-13)18-3/h4-6,9,11-12,15-16H,7-8,10,17H2,1-3H3. The summed E-state index contributed by atoms with van der Waals surface area (Å²) in [4.78, 5) is 0. The molecule has 1 aromatic rings. The lowest BCUT2D eigenvalue weighted by Gasteiger charge is -2.36. The molecule has 2 heteroatoms. The summed E-state index contributed by atoms with van der Waals surface area (Å²) in [7, 11) is 1.72. The fourth-order valence-electron chi connectivity index (χ4n) is 3.09. The van der Waals surface area contributed by atoms with Crippen molar-refractivity contribution in [1.29, 1.82) is 0 Å². The van der Waals surface area contributed by atoms with Gasteiger partial charge in [0.05, 0.1) is 7.11 Å². The predicted octanol–water partition coefficient (Wildman–Crippen LogP) is 3.56. The topological polar surface area (TPSA) is 35.2 Å². The Balaban J connectivity index is 2.18. The molecule has 0 amide bonds. The number of nitrogens with two attached hydrogens (primary N) is 1. The number of benzene rings is 1. The van der Waals surface area contributed by atoms with E-state index in [4.69, 9.17) is 10.5 Å². The molecule has 0 spiro atoms. The van der Waals surface area contributed by atoms with E-state index < -0.39 is 0 Å². The molecule has 1 aromatic carbocycles. The van der Waals surface area contributed by atoms with Gasteiger partial charge in [-0.2, -0.15) is 0 Å². The van der Waals surface area contributed by atoms with Gasteiger partial charge in [0.2, 0.25) is 0 Å². The van der Waals surface area contributed by atoms with Gasteiger partial charge in [-0.3, -0.25) is 0 Å². The maximum atomic E-state index is 6.32. The van der Waals surface area contributed by atoms with E-state index in [-0.39, 0.29) is 0 Å². The lowest BCUT2D eigenvalue weighted by molar-refractivity contribution is 0.232. The first kappa shape index (κ1) is 13.4. The number of methoxy groups -OCH3 is 1. The highest BCUT2D eigenvalue weighted by atomic mass is 16.5. The first-order valence-electron chi connectivity index (χ1n) is 7.01. The van der Waals surface area contributed by atoms with E-state index in [0.717, 1.165) is 24.0 Å². The largest absolute Gasteiger partial charge is 0.497 e. The monoisotopic (exact) mass is 247 g/mol. The lowest BCUT2D eigenvalue weighted by Crippen LogP contribution is -2.35. The summed E-state index contributed by atoms with van der Waals surface area (Å²) in [5.74, 6) is 2.99. The molecule has 0 saturated heterocycles. The molecule has 0 radical (unpaired) electrons. The van der Waals surface area contributed by atoms with E-state index in [1.807, 2.05) is 6.07 Å². The molecule has 0 aliphatic heterocycles. The Morgan fingerprint density at radius 2 is 2.06 bits per heavy atom. The van der Waals surface area contributed by atoms with Crippen LogP contribution in [0.15, 0.2) is 24.3 Å². The van der Waals surface area contributed by atoms with Gasteiger partial charge in [0, 0.05) is 6.04 Å². The van der Waals surface area contributed by atoms with Crippen LogP contribution in [0.1, 0.15) is 44.6 Å². The molecule has 2 N–H and O–H groups in total. The molecule has 2 nitrogen and oxygen atoms in total. The highest BCUT2D eigenvalue weighted by Gasteiger charge is 2.30. The second kappa shape index (κ2) is 5.75. The minimum atomic E-state index is 0.298. The third kappa shape index (κ3) is 2.86. The summed E-state index contributed by atoms with van der Waals surface area (Å²) in [6, 6.07) is 8.70. The minimum absolute atomic E-state index is 0.298. The average Bonchev–Trinajstić information content (AvgIpc) is 2.39. The molecule has 1 fully saturated rings. The van der Waals surface area contributed by atoms with Gasteiger partial charge in [-0.05, 0) is 54.7 Å². The van der Waals surface area contributed by atoms with Crippen molar-refractivity contribution in [3.05, 3.63) is 29.8 Å². The summed E-state index contributed by atoms with van der Waals surface area (Å²) in [6.07, 6.45) is 3.63. The molecule has 0 bridgehead atoms. The van der Waals surface area contributed by atoms with Crippen molar-refractivity contribution in [3.63, 3.8) is 0 Å². The van der Waals surface area contributed by atoms with Gasteiger partial charge in [0.1, 0.15) is 5.75 Å². The fourth-order valence-corrected chi connectivity index (χ4v) is 3.09. The molecule has 100 valence electrons. The van der Waals surface area contributed by atoms with Crippen molar-refractivity contribution in [2.45, 2.75) is 45.1 Å². The lowest BCUT2D eigenvalue weighted by atomic mass is 9.71. The predicted molar refractivity (Wildman–Crippen MR) is 75.9 cm³/mol. The van der Waals surface area contributed by atoms with Crippen molar-refractivity contribution in [3.8, 4) is 5.75 Å². The van der Waals surface area contributed by atoms with Crippen LogP contribution in [0, 0.1) is 11.8 Å². The Hall–Kier alpha value is -1.02. The Morgan fingerprint density at radius 3 is 2.72 bits per heavy atom. The van der Waals surface area contributed by atoms with Crippen molar-refractivity contribution >= 4 is 0 Å². The molecule has 1 aliphatic rings. The van der Waals surface area contributed by atoms with Crippen LogP contribution in [-0.2, 0) is 0 Å². The molecule has 2 rings (SSSR count). The van der Waals surface area contributed by atoms with E-state index >= 15 is 0 Å². The summed E-state index contributed by atoms with van der Waals surface area (Å²) in [6.45, 7) is 4.65. The van der Waals surface area contributed by atoms with Gasteiger partial charge in [-0.25, -0.2) is 0 Å². The number of hydrogen-bond donors (Lipinski definition) is 1. The second-order valence-electron chi connectivity index (χ2n) is 5.86. The number of hydrogen-bond acceptors (Lipinski definition) is 2. The zero-order valence-electron chi connectivity index (χ0n) is 11.7. The molecule has 0 aromatic heterocycles. The zero-order valence-corrected chi connectivity index (χ0v) is 11.7. The van der Waals surface area contributed by atoms with Gasteiger partial charge >= 0.3 is 0 Å². The molecule has 0 heterocycles. The molecule has 1 aliphatic carbocycles. The Kier molecular flexibility index (Phi) is 4.28. The van der Waals surface area contributed by atoms with Crippen LogP contribution in [0.5, 0.6) is 5.75 Å². The molecule has 3 atom stereocenters. The molecular weight excluding hydrogens is 222 g/mol. The van der Waals surface area contributed by atoms with Crippen LogP contribution in [0.2, 0.25) is 0 Å². The zero-order chi connectivity index (χ0) is 13.1. The van der Waals surface area contributed by atoms with Gasteiger partial charge < -0.3 is 10.5 Å². The van der Waals surface area contributed by atoms with Crippen LogP contribution < -0.4 is 10.5 Å². The van der Waals surface area contributed by atoms with Crippen molar-refractivity contribution in [2.24, 2.45) is 17.6 Å². The quantitative estimate of drug-likeness (QED) is 0.886. The highest BCUT2D eigenvalue weighted by molar-refractivity contribution is 5.32. The van der Waals surface area contributed by atoms with E-state index in [1.54, 1.807) is 7.11 Å². The maximum absolute atomic E-state index is 6.32. The Labute approximate surface area is 111 Å². The SMILES string of the molecule is COc1cccc(C2CC(C(C)C)CCC2N)c1. The second-order valence-corrected chi connectivity index (χ2v) is 5.86. The molecule has 3 unspecified atom stereocenters. The van der Waals surface area contributed by atoms with Crippen molar-refractivity contribution in [1.82, 2.24) is 0 Å². The highest BCUT2D eigenvalue weighted by Crippen LogP contribution is 2.39. The van der Waals surface area contributed by atoms with Gasteiger partial charge in [-0.1, -0.05) is 26.0 Å². The fraction of sp³-hybridized carbons (Fsp3) is 0.625. The Bertz CT molecular complexity index is 388. The third-order valence-electron chi connectivity index (χ3n) is 4.41. The van der Waals surface area contributed by atoms with Crippen LogP contribution in [0.25, 0.3) is 0 Å². The normalized spacial score (nSPS) is 28.4. The third-order valence-corrected chi connectivity index (χ3v) is 4.41. The van der Waals surface area contributed by atoms with E-state index in [2.05, 4.69) is 32.0 Å². The molecular formula is C16H25NO. The van der Waals surface area contributed by atoms with E-state index in [1.165, 1.54) is 18.4 Å². The van der Waals surface area contributed by atoms with E-state index in [0.29, 0.717) is 12.0 Å². The van der Waals surface area contributed by atoms with Crippen molar-refractivity contribution < 1.29 is 4.74 Å². The maximum Gasteiger partial charge on any atom is 0.119 e. The van der Waals surface area contributed by atoms with Crippen LogP contribution in [-0.4, -0.2) is 13.2 Å². The van der Waals surface area contributed by atoms with Gasteiger partial charge in [0.25, 0.3) is 0 Å². The first-order chi connectivity index (χ1) is 8.61. The smallest absolute Gasteiger partial charge is 0.119 e. The first-order valence-corrected chi connectivity index (χ1v) is 7.01. The van der Waals surface area contributed by atoms with Gasteiger partial charge in [0.15, 0.2) is 0 Å². The van der Waals surface area contributed by atoms with Gasteiger partial charge in [-0.15, -0.1) is 0 Å². The summed E-state index contributed by atoms with van der Waals surface area (Å²) in [5, 5.41) is 0. The summed E-state index contributed by atoms with van der Waals surface area (Å²) >= 11 is 0.